The molecule has 0 unspecified atom stereocenters. The number of rotatable bonds is 4. The fourth-order valence-electron chi connectivity index (χ4n) is 2.39. The summed E-state index contributed by atoms with van der Waals surface area (Å²) >= 11 is 0. The summed E-state index contributed by atoms with van der Waals surface area (Å²) in [6.45, 7) is 0. The zero-order valence-electron chi connectivity index (χ0n) is 12.4. The van der Waals surface area contributed by atoms with E-state index in [0.717, 1.165) is 22.7 Å². The van der Waals surface area contributed by atoms with Crippen molar-refractivity contribution in [3.63, 3.8) is 0 Å². The molecule has 108 valence electrons. The molecule has 0 aliphatic rings. The van der Waals surface area contributed by atoms with Crippen molar-refractivity contribution in [2.75, 3.05) is 11.9 Å². The molecular formula is C19H17N3. The van der Waals surface area contributed by atoms with Crippen molar-refractivity contribution in [1.29, 1.82) is 0 Å². The van der Waals surface area contributed by atoms with Crippen LogP contribution in [0.25, 0.3) is 0 Å². The molecule has 3 heteroatoms. The fourth-order valence-corrected chi connectivity index (χ4v) is 2.39. The van der Waals surface area contributed by atoms with Crippen LogP contribution in [0.5, 0.6) is 0 Å². The van der Waals surface area contributed by atoms with Gasteiger partial charge in [-0.15, -0.1) is 0 Å². The Morgan fingerprint density at radius 2 is 1.05 bits per heavy atom. The molecule has 22 heavy (non-hydrogen) atoms. The maximum atomic E-state index is 4.06. The lowest BCUT2D eigenvalue weighted by molar-refractivity contribution is 1.17. The molecule has 3 aromatic carbocycles. The Morgan fingerprint density at radius 3 is 1.50 bits per heavy atom. The van der Waals surface area contributed by atoms with Crippen LogP contribution in [-0.4, -0.2) is 7.05 Å². The van der Waals surface area contributed by atoms with Gasteiger partial charge in [-0.05, 0) is 48.5 Å². The van der Waals surface area contributed by atoms with Gasteiger partial charge in [0, 0.05) is 24.1 Å². The molecule has 3 nitrogen and oxygen atoms in total. The first-order chi connectivity index (χ1) is 10.9. The second kappa shape index (κ2) is 6.68. The van der Waals surface area contributed by atoms with Gasteiger partial charge in [-0.2, -0.15) is 10.2 Å². The number of nitrogens with zero attached hydrogens (tertiary/aromatic N) is 3. The Labute approximate surface area is 130 Å². The molecular weight excluding hydrogens is 270 g/mol. The van der Waals surface area contributed by atoms with Crippen molar-refractivity contribution in [1.82, 2.24) is 0 Å². The van der Waals surface area contributed by atoms with E-state index in [1.807, 2.05) is 48.5 Å². The van der Waals surface area contributed by atoms with Gasteiger partial charge in [0.2, 0.25) is 0 Å². The quantitative estimate of drug-likeness (QED) is 0.551. The van der Waals surface area contributed by atoms with E-state index < -0.39 is 0 Å². The van der Waals surface area contributed by atoms with Crippen LogP contribution < -0.4 is 4.90 Å². The van der Waals surface area contributed by atoms with Crippen LogP contribution in [0.4, 0.5) is 22.7 Å². The monoisotopic (exact) mass is 287 g/mol. The van der Waals surface area contributed by atoms with E-state index in [2.05, 4.69) is 51.5 Å². The first-order valence-electron chi connectivity index (χ1n) is 7.18. The van der Waals surface area contributed by atoms with Gasteiger partial charge in [-0.1, -0.05) is 36.4 Å². The number of para-hydroxylation sites is 2. The highest BCUT2D eigenvalue weighted by molar-refractivity contribution is 5.76. The Bertz CT molecular complexity index is 695. The van der Waals surface area contributed by atoms with Crippen molar-refractivity contribution in [3.05, 3.63) is 84.9 Å². The van der Waals surface area contributed by atoms with Gasteiger partial charge in [-0.3, -0.25) is 0 Å². The molecule has 0 aromatic heterocycles. The van der Waals surface area contributed by atoms with Gasteiger partial charge in [0.05, 0.1) is 5.69 Å². The summed E-state index contributed by atoms with van der Waals surface area (Å²) < 4.78 is 0. The average Bonchev–Trinajstić information content (AvgIpc) is 2.59. The van der Waals surface area contributed by atoms with E-state index in [9.17, 15) is 0 Å². The molecule has 0 atom stereocenters. The van der Waals surface area contributed by atoms with Gasteiger partial charge >= 0.3 is 0 Å². The van der Waals surface area contributed by atoms with Gasteiger partial charge in [0.15, 0.2) is 0 Å². The molecule has 0 spiro atoms. The molecule has 0 saturated carbocycles. The minimum atomic E-state index is 0.854. The lowest BCUT2D eigenvalue weighted by atomic mass is 10.2. The Balaban J connectivity index is 2.06. The summed E-state index contributed by atoms with van der Waals surface area (Å²) in [5.74, 6) is 0. The van der Waals surface area contributed by atoms with E-state index in [1.165, 1.54) is 0 Å². The molecule has 3 aromatic rings. The molecule has 0 bridgehead atoms. The third-order valence-corrected chi connectivity index (χ3v) is 3.35. The van der Waals surface area contributed by atoms with Crippen LogP contribution in [0.1, 0.15) is 0 Å². The van der Waals surface area contributed by atoms with Crippen molar-refractivity contribution >= 4 is 22.7 Å². The maximum Gasteiger partial charge on any atom is 0.0853 e. The molecule has 0 N–H and O–H groups in total. The zero-order valence-corrected chi connectivity index (χ0v) is 12.4. The first-order valence-corrected chi connectivity index (χ1v) is 7.18. The van der Waals surface area contributed by atoms with E-state index in [1.54, 1.807) is 7.05 Å². The van der Waals surface area contributed by atoms with Gasteiger partial charge < -0.3 is 4.90 Å². The van der Waals surface area contributed by atoms with E-state index >= 15 is 0 Å². The first kappa shape index (κ1) is 14.0. The summed E-state index contributed by atoms with van der Waals surface area (Å²) in [6.07, 6.45) is 0. The van der Waals surface area contributed by atoms with E-state index in [-0.39, 0.29) is 0 Å². The summed E-state index contributed by atoms with van der Waals surface area (Å²) in [5, 5.41) is 7.87. The number of hydrogen-bond donors (Lipinski definition) is 0. The van der Waals surface area contributed by atoms with E-state index in [0.29, 0.717) is 0 Å². The Hall–Kier alpha value is -2.94. The Morgan fingerprint density at radius 1 is 0.591 bits per heavy atom. The lowest BCUT2D eigenvalue weighted by Gasteiger charge is -2.25. The predicted octanol–water partition coefficient (Wildman–Crippen LogP) is 5.87. The van der Waals surface area contributed by atoms with Crippen molar-refractivity contribution in [3.8, 4) is 0 Å². The third kappa shape index (κ3) is 3.04. The summed E-state index contributed by atoms with van der Waals surface area (Å²) in [6, 6.07) is 28.7. The summed E-state index contributed by atoms with van der Waals surface area (Å²) in [4.78, 5) is 2.22. The smallest absolute Gasteiger partial charge is 0.0853 e. The van der Waals surface area contributed by atoms with Crippen molar-refractivity contribution in [2.24, 2.45) is 10.2 Å². The van der Waals surface area contributed by atoms with Crippen LogP contribution in [0.3, 0.4) is 0 Å². The predicted molar refractivity (Wildman–Crippen MR) is 91.6 cm³/mol. The van der Waals surface area contributed by atoms with Crippen LogP contribution >= 0.6 is 0 Å². The summed E-state index contributed by atoms with van der Waals surface area (Å²) in [7, 11) is 1.67. The normalized spacial score (nSPS) is 10.8. The number of anilines is 3. The molecule has 0 aliphatic carbocycles. The largest absolute Gasteiger partial charge is 0.311 e. The SMILES string of the molecule is CN=Nc1ccc(N(c2ccccc2)c2ccccc2)cc1. The molecule has 0 aliphatic heterocycles. The zero-order chi connectivity index (χ0) is 15.2. The van der Waals surface area contributed by atoms with Crippen LogP contribution in [0, 0.1) is 0 Å². The lowest BCUT2D eigenvalue weighted by Crippen LogP contribution is -2.09. The van der Waals surface area contributed by atoms with Gasteiger partial charge in [-0.25, -0.2) is 0 Å². The third-order valence-electron chi connectivity index (χ3n) is 3.35. The molecule has 0 fully saturated rings. The maximum absolute atomic E-state index is 4.06. The van der Waals surface area contributed by atoms with E-state index in [4.69, 9.17) is 0 Å². The second-order valence-corrected chi connectivity index (χ2v) is 4.82. The van der Waals surface area contributed by atoms with Crippen molar-refractivity contribution < 1.29 is 0 Å². The summed E-state index contributed by atoms with van der Waals surface area (Å²) in [5.41, 5.74) is 4.19. The van der Waals surface area contributed by atoms with Gasteiger partial charge in [0.25, 0.3) is 0 Å². The molecule has 3 rings (SSSR count). The number of hydrogen-bond acceptors (Lipinski definition) is 3. The van der Waals surface area contributed by atoms with Crippen molar-refractivity contribution in [2.45, 2.75) is 0 Å². The molecule has 0 saturated heterocycles. The number of azo groups is 1. The second-order valence-electron chi connectivity index (χ2n) is 4.82. The highest BCUT2D eigenvalue weighted by Gasteiger charge is 2.11. The minimum absolute atomic E-state index is 0.854. The average molecular weight is 287 g/mol. The fraction of sp³-hybridized carbons (Fsp3) is 0.0526. The highest BCUT2D eigenvalue weighted by Crippen LogP contribution is 2.34. The Kier molecular flexibility index (Phi) is 4.25. The van der Waals surface area contributed by atoms with Crippen LogP contribution in [0.15, 0.2) is 95.2 Å². The van der Waals surface area contributed by atoms with Gasteiger partial charge in [0.1, 0.15) is 0 Å². The number of benzene rings is 3. The molecule has 0 radical (unpaired) electrons. The standard InChI is InChI=1S/C19H17N3/c1-20-21-16-12-14-19(15-13-16)22(17-8-4-2-5-9-17)18-10-6-3-7-11-18/h2-15H,1H3. The van der Waals surface area contributed by atoms with Crippen LogP contribution in [0.2, 0.25) is 0 Å². The molecule has 0 amide bonds. The topological polar surface area (TPSA) is 28.0 Å². The minimum Gasteiger partial charge on any atom is -0.311 e. The molecule has 0 heterocycles. The highest BCUT2D eigenvalue weighted by atomic mass is 15.1. The van der Waals surface area contributed by atoms with Crippen LogP contribution in [-0.2, 0) is 0 Å².